The number of amides is 2. The molecule has 2 unspecified atom stereocenters. The van der Waals surface area contributed by atoms with E-state index in [-0.39, 0.29) is 23.4 Å². The summed E-state index contributed by atoms with van der Waals surface area (Å²) < 4.78 is 0. The maximum absolute atomic E-state index is 12.2. The number of hydrogen-bond acceptors (Lipinski definition) is 4. The molecule has 0 saturated carbocycles. The maximum atomic E-state index is 12.2. The van der Waals surface area contributed by atoms with Crippen LogP contribution in [-0.2, 0) is 9.59 Å². The summed E-state index contributed by atoms with van der Waals surface area (Å²) in [6, 6.07) is 5.97. The van der Waals surface area contributed by atoms with Crippen LogP contribution in [0.1, 0.15) is 20.7 Å². The molecule has 1 aromatic rings. The fourth-order valence-corrected chi connectivity index (χ4v) is 2.38. The molecule has 6 heteroatoms. The molecule has 2 aliphatic heterocycles. The quantitative estimate of drug-likeness (QED) is 0.627. The van der Waals surface area contributed by atoms with Crippen LogP contribution in [0.3, 0.4) is 0 Å². The molecule has 0 aromatic heterocycles. The van der Waals surface area contributed by atoms with Gasteiger partial charge in [0.15, 0.2) is 11.6 Å². The molecule has 0 fully saturated rings. The number of carbonyl (C=O) groups excluding carboxylic acids is 4. The summed E-state index contributed by atoms with van der Waals surface area (Å²) in [6.45, 7) is 0. The Morgan fingerprint density at radius 1 is 0.727 bits per heavy atom. The maximum Gasteiger partial charge on any atom is 0.238 e. The Labute approximate surface area is 125 Å². The summed E-state index contributed by atoms with van der Waals surface area (Å²) >= 11 is 0. The number of hydrogen-bond donors (Lipinski definition) is 2. The summed E-state index contributed by atoms with van der Waals surface area (Å²) in [7, 11) is 0. The largest absolute Gasteiger partial charge is 0.332 e. The van der Waals surface area contributed by atoms with Gasteiger partial charge in [-0.3, -0.25) is 19.2 Å². The van der Waals surface area contributed by atoms with Crippen LogP contribution in [0.4, 0.5) is 0 Å². The van der Waals surface area contributed by atoms with Crippen molar-refractivity contribution in [3.63, 3.8) is 0 Å². The van der Waals surface area contributed by atoms with Crippen LogP contribution in [0, 0.1) is 11.8 Å². The highest BCUT2D eigenvalue weighted by Crippen LogP contribution is 2.18. The summed E-state index contributed by atoms with van der Waals surface area (Å²) in [4.78, 5) is 47.3. The van der Waals surface area contributed by atoms with Gasteiger partial charge in [-0.25, -0.2) is 0 Å². The Morgan fingerprint density at radius 3 is 1.36 bits per heavy atom. The minimum absolute atomic E-state index is 0.330. The van der Waals surface area contributed by atoms with Gasteiger partial charge in [-0.1, -0.05) is 24.3 Å². The van der Waals surface area contributed by atoms with Crippen molar-refractivity contribution in [1.82, 2.24) is 10.6 Å². The third-order valence-electron chi connectivity index (χ3n) is 3.61. The van der Waals surface area contributed by atoms with E-state index in [1.165, 1.54) is 48.8 Å². The summed E-state index contributed by atoms with van der Waals surface area (Å²) in [5.41, 5.74) is 0.685. The van der Waals surface area contributed by atoms with Crippen LogP contribution in [0.15, 0.2) is 48.8 Å². The van der Waals surface area contributed by atoms with Crippen molar-refractivity contribution in [2.45, 2.75) is 0 Å². The highest BCUT2D eigenvalue weighted by atomic mass is 16.2. The molecule has 0 spiro atoms. The second kappa shape index (κ2) is 5.40. The van der Waals surface area contributed by atoms with Gasteiger partial charge in [-0.2, -0.15) is 0 Å². The zero-order chi connectivity index (χ0) is 15.7. The van der Waals surface area contributed by atoms with E-state index in [1.807, 2.05) is 0 Å². The number of Topliss-reactive ketones (excluding diaryl/α,β-unsaturated/α-hetero) is 2. The standard InChI is InChI=1S/C16H12N2O4/c19-13(11-5-7-17-15(11)21)9-1-2-10(4-3-9)14(20)12-6-8-18-16(12)22/h1-8,11-12H,(H,17,21)(H,18,22). The molecule has 2 atom stereocenters. The molecule has 2 N–H and O–H groups in total. The Hall–Kier alpha value is -3.02. The van der Waals surface area contributed by atoms with E-state index in [4.69, 9.17) is 0 Å². The van der Waals surface area contributed by atoms with Gasteiger partial charge < -0.3 is 10.6 Å². The molecule has 2 amide bonds. The van der Waals surface area contributed by atoms with Crippen LogP contribution in [0.5, 0.6) is 0 Å². The molecular formula is C16H12N2O4. The number of rotatable bonds is 4. The van der Waals surface area contributed by atoms with Gasteiger partial charge in [0.1, 0.15) is 11.8 Å². The summed E-state index contributed by atoms with van der Waals surface area (Å²) in [5.74, 6) is -3.04. The van der Waals surface area contributed by atoms with E-state index in [0.29, 0.717) is 11.1 Å². The van der Waals surface area contributed by atoms with Gasteiger partial charge >= 0.3 is 0 Å². The number of benzene rings is 1. The van der Waals surface area contributed by atoms with Crippen molar-refractivity contribution in [3.05, 3.63) is 59.9 Å². The molecule has 0 saturated heterocycles. The lowest BCUT2D eigenvalue weighted by atomic mass is 9.94. The summed E-state index contributed by atoms with van der Waals surface area (Å²) in [5, 5.41) is 4.89. The predicted octanol–water partition coefficient (Wildman–Crippen LogP) is 0.571. The highest BCUT2D eigenvalue weighted by molar-refractivity contribution is 6.14. The van der Waals surface area contributed by atoms with Gasteiger partial charge in [0.05, 0.1) is 0 Å². The first-order valence-electron chi connectivity index (χ1n) is 6.70. The molecule has 110 valence electrons. The lowest BCUT2D eigenvalue weighted by molar-refractivity contribution is -0.121. The van der Waals surface area contributed by atoms with E-state index < -0.39 is 11.8 Å². The second-order valence-corrected chi connectivity index (χ2v) is 5.00. The normalized spacial score (nSPS) is 22.5. The predicted molar refractivity (Wildman–Crippen MR) is 76.6 cm³/mol. The smallest absolute Gasteiger partial charge is 0.238 e. The zero-order valence-electron chi connectivity index (χ0n) is 11.4. The lowest BCUT2D eigenvalue weighted by Gasteiger charge is -2.08. The van der Waals surface area contributed by atoms with Crippen LogP contribution < -0.4 is 10.6 Å². The van der Waals surface area contributed by atoms with Gasteiger partial charge in [-0.05, 0) is 12.2 Å². The van der Waals surface area contributed by atoms with Gasteiger partial charge in [0.25, 0.3) is 0 Å². The van der Waals surface area contributed by atoms with Crippen molar-refractivity contribution < 1.29 is 19.2 Å². The highest BCUT2D eigenvalue weighted by Gasteiger charge is 2.29. The molecule has 0 bridgehead atoms. The third-order valence-corrected chi connectivity index (χ3v) is 3.61. The average molecular weight is 296 g/mol. The van der Waals surface area contributed by atoms with E-state index in [2.05, 4.69) is 10.6 Å². The van der Waals surface area contributed by atoms with Gasteiger partial charge in [0.2, 0.25) is 11.8 Å². The third kappa shape index (κ3) is 2.35. The molecule has 3 rings (SSSR count). The van der Waals surface area contributed by atoms with Crippen LogP contribution in [-0.4, -0.2) is 23.4 Å². The second-order valence-electron chi connectivity index (χ2n) is 5.00. The number of carbonyl (C=O) groups is 4. The van der Waals surface area contributed by atoms with E-state index in [0.717, 1.165) is 0 Å². The molecule has 22 heavy (non-hydrogen) atoms. The van der Waals surface area contributed by atoms with Crippen molar-refractivity contribution in [2.24, 2.45) is 11.8 Å². The zero-order valence-corrected chi connectivity index (χ0v) is 11.4. The Balaban J connectivity index is 1.78. The first kappa shape index (κ1) is 13.9. The van der Waals surface area contributed by atoms with Gasteiger partial charge in [-0.15, -0.1) is 0 Å². The van der Waals surface area contributed by atoms with E-state index in [9.17, 15) is 19.2 Å². The minimum atomic E-state index is -0.829. The van der Waals surface area contributed by atoms with Crippen LogP contribution in [0.25, 0.3) is 0 Å². The first-order chi connectivity index (χ1) is 10.6. The number of ketones is 2. The fourth-order valence-electron chi connectivity index (χ4n) is 2.38. The molecule has 6 nitrogen and oxygen atoms in total. The molecule has 0 aliphatic carbocycles. The molecule has 2 aliphatic rings. The number of nitrogens with one attached hydrogen (secondary N) is 2. The van der Waals surface area contributed by atoms with E-state index in [1.54, 1.807) is 0 Å². The molecule has 0 radical (unpaired) electrons. The van der Waals surface area contributed by atoms with Crippen molar-refractivity contribution in [2.75, 3.05) is 0 Å². The first-order valence-corrected chi connectivity index (χ1v) is 6.70. The lowest BCUT2D eigenvalue weighted by Crippen LogP contribution is -2.26. The van der Waals surface area contributed by atoms with E-state index >= 15 is 0 Å². The van der Waals surface area contributed by atoms with Crippen LogP contribution >= 0.6 is 0 Å². The Bertz CT molecular complexity index is 668. The molecule has 1 aromatic carbocycles. The minimum Gasteiger partial charge on any atom is -0.332 e. The van der Waals surface area contributed by atoms with Crippen molar-refractivity contribution >= 4 is 23.4 Å². The van der Waals surface area contributed by atoms with Crippen LogP contribution in [0.2, 0.25) is 0 Å². The van der Waals surface area contributed by atoms with Gasteiger partial charge in [0, 0.05) is 23.5 Å². The molecule has 2 heterocycles. The topological polar surface area (TPSA) is 92.3 Å². The Kier molecular flexibility index (Phi) is 3.42. The van der Waals surface area contributed by atoms with Crippen molar-refractivity contribution in [3.8, 4) is 0 Å². The SMILES string of the molecule is O=C1NC=CC1C(=O)c1ccc(C(=O)C2C=CNC2=O)cc1. The molecular weight excluding hydrogens is 284 g/mol. The monoisotopic (exact) mass is 296 g/mol. The summed E-state index contributed by atoms with van der Waals surface area (Å²) in [6.07, 6.45) is 5.87. The van der Waals surface area contributed by atoms with Crippen molar-refractivity contribution in [1.29, 1.82) is 0 Å². The Morgan fingerprint density at radius 2 is 1.09 bits per heavy atom. The average Bonchev–Trinajstić information content (AvgIpc) is 3.14. The fraction of sp³-hybridized carbons (Fsp3) is 0.125.